The van der Waals surface area contributed by atoms with E-state index < -0.39 is 11.7 Å². The summed E-state index contributed by atoms with van der Waals surface area (Å²) in [6.45, 7) is -0.229. The Morgan fingerprint density at radius 1 is 1.00 bits per heavy atom. The molecule has 0 bridgehead atoms. The summed E-state index contributed by atoms with van der Waals surface area (Å²) in [4.78, 5) is 24.2. The number of ketones is 1. The van der Waals surface area contributed by atoms with Crippen molar-refractivity contribution < 1.29 is 18.4 Å². The molecule has 0 aliphatic carbocycles. The number of rotatable bonds is 5. The monoisotopic (exact) mass is 355 g/mol. The molecule has 3 aromatic rings. The molecule has 132 valence electrons. The van der Waals surface area contributed by atoms with Gasteiger partial charge in [-0.25, -0.2) is 8.78 Å². The zero-order chi connectivity index (χ0) is 18.7. The zero-order valence-electron chi connectivity index (χ0n) is 13.9. The molecule has 0 unspecified atom stereocenters. The largest absolute Gasteiger partial charge is 0.343 e. The van der Waals surface area contributed by atoms with Gasteiger partial charge in [0.2, 0.25) is 0 Å². The third-order valence-corrected chi connectivity index (χ3v) is 3.83. The topological polar surface area (TPSA) is 64.0 Å². The van der Waals surface area contributed by atoms with Crippen LogP contribution in [-0.4, -0.2) is 28.0 Å². The first kappa shape index (κ1) is 17.5. The number of carbonyl (C=O) groups is 2. The first-order chi connectivity index (χ1) is 12.4. The van der Waals surface area contributed by atoms with Crippen LogP contribution in [0.1, 0.15) is 20.8 Å². The molecule has 0 saturated carbocycles. The number of aromatic nitrogens is 2. The number of halogens is 2. The normalized spacial score (nSPS) is 10.6. The Morgan fingerprint density at radius 3 is 2.19 bits per heavy atom. The number of carbonyl (C=O) groups excluding carboxylic acids is 2. The summed E-state index contributed by atoms with van der Waals surface area (Å²) in [5, 5.41) is 6.62. The third kappa shape index (κ3) is 3.83. The maximum atomic E-state index is 13.0. The van der Waals surface area contributed by atoms with Crippen LogP contribution in [0.25, 0.3) is 11.3 Å². The maximum absolute atomic E-state index is 13.0. The molecule has 2 aromatic carbocycles. The van der Waals surface area contributed by atoms with E-state index in [0.717, 1.165) is 0 Å². The van der Waals surface area contributed by atoms with Crippen molar-refractivity contribution in [2.75, 3.05) is 6.54 Å². The molecular formula is C19H15F2N3O2. The number of nitrogens with one attached hydrogen (secondary N) is 1. The van der Waals surface area contributed by atoms with E-state index in [1.807, 2.05) is 0 Å². The fourth-order valence-corrected chi connectivity index (χ4v) is 2.46. The number of aryl methyl sites for hydroxylation is 1. The van der Waals surface area contributed by atoms with Crippen LogP contribution in [0, 0.1) is 11.6 Å². The fourth-order valence-electron chi connectivity index (χ4n) is 2.46. The van der Waals surface area contributed by atoms with E-state index in [2.05, 4.69) is 10.4 Å². The highest BCUT2D eigenvalue weighted by Crippen LogP contribution is 2.20. The van der Waals surface area contributed by atoms with Crippen molar-refractivity contribution in [2.24, 2.45) is 7.05 Å². The lowest BCUT2D eigenvalue weighted by Gasteiger charge is -2.02. The SMILES string of the molecule is Cn1nc(C(=O)NCC(=O)c2ccc(F)cc2)cc1-c1ccc(F)cc1. The smallest absolute Gasteiger partial charge is 0.272 e. The Morgan fingerprint density at radius 2 is 1.58 bits per heavy atom. The minimum Gasteiger partial charge on any atom is -0.343 e. The second-order valence-corrected chi connectivity index (χ2v) is 5.66. The lowest BCUT2D eigenvalue weighted by atomic mass is 10.1. The molecule has 0 atom stereocenters. The van der Waals surface area contributed by atoms with Gasteiger partial charge in [-0.3, -0.25) is 14.3 Å². The van der Waals surface area contributed by atoms with Gasteiger partial charge < -0.3 is 5.32 Å². The Balaban J connectivity index is 1.68. The number of Topliss-reactive ketones (excluding diaryl/α,β-unsaturated/α-hetero) is 1. The van der Waals surface area contributed by atoms with Crippen molar-refractivity contribution in [3.63, 3.8) is 0 Å². The average molecular weight is 355 g/mol. The lowest BCUT2D eigenvalue weighted by molar-refractivity contribution is 0.0900. The summed E-state index contributed by atoms with van der Waals surface area (Å²) in [7, 11) is 1.67. The van der Waals surface area contributed by atoms with Crippen LogP contribution in [0.2, 0.25) is 0 Å². The molecule has 1 N–H and O–H groups in total. The van der Waals surface area contributed by atoms with E-state index in [1.165, 1.54) is 41.1 Å². The molecule has 0 aliphatic rings. The zero-order valence-corrected chi connectivity index (χ0v) is 13.9. The van der Waals surface area contributed by atoms with Crippen LogP contribution in [0.3, 0.4) is 0 Å². The molecule has 0 aliphatic heterocycles. The quantitative estimate of drug-likeness (QED) is 0.716. The molecule has 5 nitrogen and oxygen atoms in total. The Labute approximate surface area is 148 Å². The molecule has 0 radical (unpaired) electrons. The number of benzene rings is 2. The van der Waals surface area contributed by atoms with E-state index in [1.54, 1.807) is 25.2 Å². The molecule has 0 spiro atoms. The summed E-state index contributed by atoms with van der Waals surface area (Å²) >= 11 is 0. The number of hydrogen-bond donors (Lipinski definition) is 1. The molecule has 1 aromatic heterocycles. The van der Waals surface area contributed by atoms with Crippen molar-refractivity contribution in [1.82, 2.24) is 15.1 Å². The van der Waals surface area contributed by atoms with Gasteiger partial charge in [0.25, 0.3) is 5.91 Å². The van der Waals surface area contributed by atoms with Gasteiger partial charge in [-0.2, -0.15) is 5.10 Å². The van der Waals surface area contributed by atoms with Crippen LogP contribution in [0.15, 0.2) is 54.6 Å². The summed E-state index contributed by atoms with van der Waals surface area (Å²) in [5.41, 5.74) is 1.79. The lowest BCUT2D eigenvalue weighted by Crippen LogP contribution is -2.29. The molecule has 26 heavy (non-hydrogen) atoms. The van der Waals surface area contributed by atoms with E-state index in [4.69, 9.17) is 0 Å². The van der Waals surface area contributed by atoms with Crippen LogP contribution in [0.5, 0.6) is 0 Å². The van der Waals surface area contributed by atoms with Crippen LogP contribution in [0.4, 0.5) is 8.78 Å². The van der Waals surface area contributed by atoms with Crippen molar-refractivity contribution in [3.05, 3.63) is 77.5 Å². The van der Waals surface area contributed by atoms with Crippen LogP contribution >= 0.6 is 0 Å². The predicted octanol–water partition coefficient (Wildman–Crippen LogP) is 2.98. The highest BCUT2D eigenvalue weighted by molar-refractivity contribution is 6.01. The molecule has 0 fully saturated rings. The molecule has 0 saturated heterocycles. The van der Waals surface area contributed by atoms with E-state index in [9.17, 15) is 18.4 Å². The first-order valence-corrected chi connectivity index (χ1v) is 7.81. The Kier molecular flexibility index (Phi) is 4.88. The van der Waals surface area contributed by atoms with Gasteiger partial charge in [0.15, 0.2) is 11.5 Å². The highest BCUT2D eigenvalue weighted by Gasteiger charge is 2.15. The van der Waals surface area contributed by atoms with Crippen LogP contribution < -0.4 is 5.32 Å². The van der Waals surface area contributed by atoms with Gasteiger partial charge in [0, 0.05) is 12.6 Å². The van der Waals surface area contributed by atoms with Gasteiger partial charge in [-0.05, 0) is 60.2 Å². The van der Waals surface area contributed by atoms with E-state index in [0.29, 0.717) is 16.8 Å². The van der Waals surface area contributed by atoms with Crippen molar-refractivity contribution in [2.45, 2.75) is 0 Å². The minimum atomic E-state index is -0.510. The molecule has 7 heteroatoms. The number of nitrogens with zero attached hydrogens (tertiary/aromatic N) is 2. The van der Waals surface area contributed by atoms with Crippen LogP contribution in [-0.2, 0) is 7.05 Å². The van der Waals surface area contributed by atoms with Gasteiger partial charge in [0.1, 0.15) is 11.6 Å². The highest BCUT2D eigenvalue weighted by atomic mass is 19.1. The van der Waals surface area contributed by atoms with Crippen molar-refractivity contribution in [3.8, 4) is 11.3 Å². The molecule has 1 heterocycles. The maximum Gasteiger partial charge on any atom is 0.272 e. The second-order valence-electron chi connectivity index (χ2n) is 5.66. The van der Waals surface area contributed by atoms with E-state index >= 15 is 0 Å². The number of amides is 1. The summed E-state index contributed by atoms with van der Waals surface area (Å²) in [6, 6.07) is 12.5. The van der Waals surface area contributed by atoms with Crippen molar-refractivity contribution in [1.29, 1.82) is 0 Å². The molecular weight excluding hydrogens is 340 g/mol. The van der Waals surface area contributed by atoms with Gasteiger partial charge in [-0.1, -0.05) is 0 Å². The fraction of sp³-hybridized carbons (Fsp3) is 0.105. The molecule has 1 amide bonds. The molecule has 3 rings (SSSR count). The minimum absolute atomic E-state index is 0.138. The Hall–Kier alpha value is -3.35. The summed E-state index contributed by atoms with van der Waals surface area (Å²) in [6.07, 6.45) is 0. The summed E-state index contributed by atoms with van der Waals surface area (Å²) < 4.78 is 27.4. The van der Waals surface area contributed by atoms with Crippen molar-refractivity contribution >= 4 is 11.7 Å². The van der Waals surface area contributed by atoms with Gasteiger partial charge >= 0.3 is 0 Å². The standard InChI is InChI=1S/C19H15F2N3O2/c1-24-17(12-2-6-14(20)7-3-12)10-16(23-24)19(26)22-11-18(25)13-4-8-15(21)9-5-13/h2-10H,11H2,1H3,(H,22,26). The summed E-state index contributed by atoms with van der Waals surface area (Å²) in [5.74, 6) is -1.64. The van der Waals surface area contributed by atoms with Gasteiger partial charge in [0.05, 0.1) is 12.2 Å². The Bertz CT molecular complexity index is 948. The third-order valence-electron chi connectivity index (χ3n) is 3.83. The average Bonchev–Trinajstić information content (AvgIpc) is 3.02. The number of hydrogen-bond acceptors (Lipinski definition) is 3. The second kappa shape index (κ2) is 7.26. The first-order valence-electron chi connectivity index (χ1n) is 7.81. The predicted molar refractivity (Wildman–Crippen MR) is 91.7 cm³/mol. The van der Waals surface area contributed by atoms with E-state index in [-0.39, 0.29) is 23.8 Å². The van der Waals surface area contributed by atoms with Gasteiger partial charge in [-0.15, -0.1) is 0 Å².